The fourth-order valence-corrected chi connectivity index (χ4v) is 0.876. The molecule has 0 aliphatic carbocycles. The summed E-state index contributed by atoms with van der Waals surface area (Å²) in [5, 5.41) is 0. The molecule has 2 nitrogen and oxygen atoms in total. The summed E-state index contributed by atoms with van der Waals surface area (Å²) in [5.74, 6) is 0. The van der Waals surface area contributed by atoms with Crippen molar-refractivity contribution in [1.82, 2.24) is 0 Å². The first-order chi connectivity index (χ1) is 5.93. The zero-order chi connectivity index (χ0) is 8.65. The SMILES string of the molecule is O=CCCC=[NH+]c1ccccc1. The molecular weight excluding hydrogens is 150 g/mol. The average Bonchev–Trinajstić information content (AvgIpc) is 2.14. The smallest absolute Gasteiger partial charge is 0.203 e. The normalized spacial score (nSPS) is 10.3. The molecule has 0 aliphatic rings. The molecule has 62 valence electrons. The lowest BCUT2D eigenvalue weighted by atomic mass is 10.3. The van der Waals surface area contributed by atoms with Crippen molar-refractivity contribution >= 4 is 18.2 Å². The van der Waals surface area contributed by atoms with Crippen molar-refractivity contribution in [2.24, 2.45) is 0 Å². The van der Waals surface area contributed by atoms with Crippen LogP contribution in [-0.2, 0) is 4.79 Å². The highest BCUT2D eigenvalue weighted by Crippen LogP contribution is 1.94. The van der Waals surface area contributed by atoms with E-state index in [9.17, 15) is 4.79 Å². The molecule has 0 spiro atoms. The molecule has 0 heterocycles. The number of nitrogens with one attached hydrogen (secondary N) is 1. The van der Waals surface area contributed by atoms with Crippen molar-refractivity contribution < 1.29 is 9.79 Å². The Bertz CT molecular complexity index is 254. The van der Waals surface area contributed by atoms with E-state index >= 15 is 0 Å². The van der Waals surface area contributed by atoms with Gasteiger partial charge in [0.1, 0.15) is 12.5 Å². The Morgan fingerprint density at radius 3 is 2.58 bits per heavy atom. The first kappa shape index (κ1) is 8.65. The van der Waals surface area contributed by atoms with Gasteiger partial charge in [0.2, 0.25) is 5.69 Å². The summed E-state index contributed by atoms with van der Waals surface area (Å²) in [4.78, 5) is 13.1. The predicted octanol–water partition coefficient (Wildman–Crippen LogP) is 0.449. The van der Waals surface area contributed by atoms with Crippen LogP contribution in [0.5, 0.6) is 0 Å². The Balaban J connectivity index is 2.41. The van der Waals surface area contributed by atoms with Crippen LogP contribution < -0.4 is 4.99 Å². The molecule has 1 aromatic rings. The molecule has 0 atom stereocenters. The zero-order valence-corrected chi connectivity index (χ0v) is 6.86. The van der Waals surface area contributed by atoms with Gasteiger partial charge in [-0.15, -0.1) is 0 Å². The first-order valence-electron chi connectivity index (χ1n) is 4.00. The molecule has 1 rings (SSSR count). The lowest BCUT2D eigenvalue weighted by Gasteiger charge is -1.82. The fraction of sp³-hybridized carbons (Fsp3) is 0.200. The quantitative estimate of drug-likeness (QED) is 0.389. The zero-order valence-electron chi connectivity index (χ0n) is 6.86. The van der Waals surface area contributed by atoms with Crippen LogP contribution in [-0.4, -0.2) is 12.5 Å². The average molecular weight is 162 g/mol. The summed E-state index contributed by atoms with van der Waals surface area (Å²) < 4.78 is 0. The number of rotatable bonds is 4. The number of benzene rings is 1. The third-order valence-corrected chi connectivity index (χ3v) is 1.47. The van der Waals surface area contributed by atoms with Crippen molar-refractivity contribution in [2.45, 2.75) is 12.8 Å². The fourth-order valence-electron chi connectivity index (χ4n) is 0.876. The van der Waals surface area contributed by atoms with E-state index in [4.69, 9.17) is 0 Å². The van der Waals surface area contributed by atoms with Gasteiger partial charge < -0.3 is 4.79 Å². The molecule has 0 aromatic heterocycles. The summed E-state index contributed by atoms with van der Waals surface area (Å²) in [6.07, 6.45) is 4.17. The van der Waals surface area contributed by atoms with Gasteiger partial charge in [-0.3, -0.25) is 0 Å². The highest BCUT2D eigenvalue weighted by Gasteiger charge is 1.89. The van der Waals surface area contributed by atoms with Crippen molar-refractivity contribution in [2.75, 3.05) is 0 Å². The topological polar surface area (TPSA) is 31.0 Å². The number of hydrogen-bond donors (Lipinski definition) is 1. The van der Waals surface area contributed by atoms with Crippen molar-refractivity contribution in [3.8, 4) is 0 Å². The molecule has 0 fully saturated rings. The van der Waals surface area contributed by atoms with Crippen LogP contribution in [0.25, 0.3) is 0 Å². The molecule has 0 saturated carbocycles. The van der Waals surface area contributed by atoms with Gasteiger partial charge in [-0.05, 0) is 0 Å². The molecule has 0 unspecified atom stereocenters. The molecule has 0 aliphatic heterocycles. The second-order valence-corrected chi connectivity index (χ2v) is 2.46. The second-order valence-electron chi connectivity index (χ2n) is 2.46. The Labute approximate surface area is 71.9 Å². The highest BCUT2D eigenvalue weighted by molar-refractivity contribution is 5.59. The van der Waals surface area contributed by atoms with E-state index in [-0.39, 0.29) is 0 Å². The van der Waals surface area contributed by atoms with Gasteiger partial charge in [0.15, 0.2) is 0 Å². The van der Waals surface area contributed by atoms with Gasteiger partial charge in [-0.25, -0.2) is 4.99 Å². The van der Waals surface area contributed by atoms with Gasteiger partial charge >= 0.3 is 0 Å². The van der Waals surface area contributed by atoms with E-state index in [0.717, 1.165) is 18.4 Å². The summed E-state index contributed by atoms with van der Waals surface area (Å²) in [7, 11) is 0. The van der Waals surface area contributed by atoms with Crippen LogP contribution in [0.4, 0.5) is 5.69 Å². The van der Waals surface area contributed by atoms with E-state index in [1.54, 1.807) is 0 Å². The van der Waals surface area contributed by atoms with Crippen LogP contribution in [0.3, 0.4) is 0 Å². The van der Waals surface area contributed by atoms with Crippen molar-refractivity contribution in [3.05, 3.63) is 30.3 Å². The minimum Gasteiger partial charge on any atom is -0.303 e. The molecule has 0 bridgehead atoms. The third kappa shape index (κ3) is 3.10. The van der Waals surface area contributed by atoms with E-state index in [1.165, 1.54) is 0 Å². The molecule has 0 saturated heterocycles. The molecule has 1 aromatic carbocycles. The van der Waals surface area contributed by atoms with Crippen LogP contribution >= 0.6 is 0 Å². The van der Waals surface area contributed by atoms with Gasteiger partial charge in [0.25, 0.3) is 0 Å². The van der Waals surface area contributed by atoms with Crippen LogP contribution in [0.15, 0.2) is 30.3 Å². The molecular formula is C10H12NO+. The molecule has 1 N–H and O–H groups in total. The first-order valence-corrected chi connectivity index (χ1v) is 4.00. The predicted molar refractivity (Wildman–Crippen MR) is 48.4 cm³/mol. The maximum Gasteiger partial charge on any atom is 0.203 e. The number of unbranched alkanes of at least 4 members (excludes halogenated alkanes) is 1. The summed E-state index contributed by atoms with van der Waals surface area (Å²) >= 11 is 0. The van der Waals surface area contributed by atoms with Gasteiger partial charge in [0.05, 0.1) is 0 Å². The monoisotopic (exact) mass is 162 g/mol. The van der Waals surface area contributed by atoms with E-state index < -0.39 is 0 Å². The highest BCUT2D eigenvalue weighted by atomic mass is 16.1. The number of aldehydes is 1. The van der Waals surface area contributed by atoms with Gasteiger partial charge in [-0.2, -0.15) is 0 Å². The lowest BCUT2D eigenvalue weighted by Crippen LogP contribution is -2.61. The standard InChI is InChI=1S/C10H11NO/c12-9-5-4-8-11-10-6-2-1-3-7-10/h1-3,6-9H,4-5H2/p+1. The van der Waals surface area contributed by atoms with Gasteiger partial charge in [0, 0.05) is 25.0 Å². The van der Waals surface area contributed by atoms with Gasteiger partial charge in [-0.1, -0.05) is 18.2 Å². The maximum atomic E-state index is 9.97. The van der Waals surface area contributed by atoms with E-state index in [0.29, 0.717) is 6.42 Å². The van der Waals surface area contributed by atoms with Crippen LogP contribution in [0.2, 0.25) is 0 Å². The van der Waals surface area contributed by atoms with Crippen LogP contribution in [0, 0.1) is 0 Å². The largest absolute Gasteiger partial charge is 0.303 e. The van der Waals surface area contributed by atoms with E-state index in [2.05, 4.69) is 4.99 Å². The minimum atomic E-state index is 0.583. The summed E-state index contributed by atoms with van der Waals surface area (Å²) in [6, 6.07) is 9.87. The number of carbonyl (C=O) groups is 1. The minimum absolute atomic E-state index is 0.583. The molecule has 2 heteroatoms. The molecule has 0 amide bonds. The number of hydrogen-bond acceptors (Lipinski definition) is 1. The Hall–Kier alpha value is -1.44. The second kappa shape index (κ2) is 5.24. The Morgan fingerprint density at radius 2 is 1.92 bits per heavy atom. The van der Waals surface area contributed by atoms with Crippen LogP contribution in [0.1, 0.15) is 12.8 Å². The van der Waals surface area contributed by atoms with Crippen molar-refractivity contribution in [3.63, 3.8) is 0 Å². The molecule has 12 heavy (non-hydrogen) atoms. The van der Waals surface area contributed by atoms with E-state index in [1.807, 2.05) is 36.5 Å². The molecule has 0 radical (unpaired) electrons. The number of para-hydroxylation sites is 1. The Kier molecular flexibility index (Phi) is 3.78. The third-order valence-electron chi connectivity index (χ3n) is 1.47. The van der Waals surface area contributed by atoms with Crippen molar-refractivity contribution in [1.29, 1.82) is 0 Å². The number of carbonyl (C=O) groups excluding carboxylic acids is 1. The Morgan fingerprint density at radius 1 is 1.17 bits per heavy atom. The lowest BCUT2D eigenvalue weighted by molar-refractivity contribution is -0.349. The summed E-state index contributed by atoms with van der Waals surface area (Å²) in [6.45, 7) is 0. The maximum absolute atomic E-state index is 9.97. The summed E-state index contributed by atoms with van der Waals surface area (Å²) in [5.41, 5.74) is 1.06.